The van der Waals surface area contributed by atoms with Gasteiger partial charge >= 0.3 is 0 Å². The molecule has 1 aromatic carbocycles. The maximum absolute atomic E-state index is 12.9. The second kappa shape index (κ2) is 10.8. The van der Waals surface area contributed by atoms with Crippen LogP contribution in [0.2, 0.25) is 5.02 Å². The number of rotatable bonds is 3. The number of aryl methyl sites for hydroxylation is 1. The van der Waals surface area contributed by atoms with Crippen LogP contribution in [0.25, 0.3) is 0 Å². The number of ketones is 1. The molecule has 1 N–H and O–H groups in total. The van der Waals surface area contributed by atoms with Crippen molar-refractivity contribution in [3.63, 3.8) is 0 Å². The number of nitrogens with zero attached hydrogens (tertiary/aromatic N) is 1. The highest BCUT2D eigenvalue weighted by Gasteiger charge is 2.20. The van der Waals surface area contributed by atoms with Gasteiger partial charge in [0.05, 0.1) is 11.6 Å². The number of hydrogen-bond acceptors (Lipinski definition) is 3. The summed E-state index contributed by atoms with van der Waals surface area (Å²) in [7, 11) is 0. The minimum atomic E-state index is -0.289. The van der Waals surface area contributed by atoms with Gasteiger partial charge in [0, 0.05) is 27.4 Å². The Balaban J connectivity index is 0.000000565. The van der Waals surface area contributed by atoms with E-state index >= 15 is 0 Å². The molecule has 0 radical (unpaired) electrons. The number of H-pyrrole nitrogens is 1. The summed E-state index contributed by atoms with van der Waals surface area (Å²) in [6.45, 7) is 11.7. The van der Waals surface area contributed by atoms with Crippen molar-refractivity contribution in [2.45, 2.75) is 60.8 Å². The number of aromatic nitrogens is 1. The summed E-state index contributed by atoms with van der Waals surface area (Å²) in [6.07, 6.45) is 3.42. The van der Waals surface area contributed by atoms with Crippen LogP contribution < -0.4 is 5.56 Å². The molecule has 0 unspecified atom stereocenters. The van der Waals surface area contributed by atoms with Crippen LogP contribution in [0.5, 0.6) is 0 Å². The molecule has 1 saturated carbocycles. The molecule has 2 aromatic rings. The summed E-state index contributed by atoms with van der Waals surface area (Å²) in [6, 6.07) is 6.47. The third kappa shape index (κ3) is 6.07. The monoisotopic (exact) mass is 400 g/mol. The molecule has 4 nitrogen and oxygen atoms in total. The summed E-state index contributed by atoms with van der Waals surface area (Å²) in [5, 5.41) is 9.33. The zero-order chi connectivity index (χ0) is 21.4. The van der Waals surface area contributed by atoms with Gasteiger partial charge < -0.3 is 4.98 Å². The maximum Gasteiger partial charge on any atom is 0.252 e. The molecule has 0 amide bonds. The molecular weight excluding hydrogens is 372 g/mol. The van der Waals surface area contributed by atoms with E-state index < -0.39 is 0 Å². The fraction of sp³-hybridized carbons (Fsp3) is 0.435. The molecule has 1 heterocycles. The number of hydrogen-bond donors (Lipinski definition) is 1. The van der Waals surface area contributed by atoms with Crippen molar-refractivity contribution < 1.29 is 4.79 Å². The van der Waals surface area contributed by atoms with E-state index in [1.807, 2.05) is 26.8 Å². The lowest BCUT2D eigenvalue weighted by Crippen LogP contribution is -2.21. The number of aromatic amines is 1. The smallest absolute Gasteiger partial charge is 0.252 e. The fourth-order valence-corrected chi connectivity index (χ4v) is 2.84. The van der Waals surface area contributed by atoms with Crippen molar-refractivity contribution in [1.29, 1.82) is 5.26 Å². The van der Waals surface area contributed by atoms with Crippen LogP contribution in [0.1, 0.15) is 78.8 Å². The average molecular weight is 401 g/mol. The van der Waals surface area contributed by atoms with Crippen LogP contribution in [0, 0.1) is 31.1 Å². The van der Waals surface area contributed by atoms with Crippen LogP contribution in [0.15, 0.2) is 23.0 Å². The second-order valence-electron chi connectivity index (χ2n) is 6.76. The molecule has 1 aromatic heterocycles. The van der Waals surface area contributed by atoms with Gasteiger partial charge in [-0.15, -0.1) is 0 Å². The molecule has 0 spiro atoms. The minimum Gasteiger partial charge on any atom is -0.326 e. The Morgan fingerprint density at radius 1 is 1.25 bits per heavy atom. The Hall–Kier alpha value is -2.38. The average Bonchev–Trinajstić information content (AvgIpc) is 3.47. The molecule has 0 aliphatic heterocycles. The second-order valence-corrected chi connectivity index (χ2v) is 7.20. The van der Waals surface area contributed by atoms with Crippen molar-refractivity contribution in [1.82, 2.24) is 4.98 Å². The van der Waals surface area contributed by atoms with Gasteiger partial charge in [-0.25, -0.2) is 0 Å². The minimum absolute atomic E-state index is 0.253. The van der Waals surface area contributed by atoms with E-state index in [1.54, 1.807) is 13.8 Å². The van der Waals surface area contributed by atoms with Gasteiger partial charge in [0.15, 0.2) is 5.78 Å². The summed E-state index contributed by atoms with van der Waals surface area (Å²) in [4.78, 5) is 27.7. The molecule has 3 rings (SSSR count). The molecule has 0 saturated heterocycles. The topological polar surface area (TPSA) is 73.7 Å². The van der Waals surface area contributed by atoms with Crippen LogP contribution in [-0.2, 0) is 6.42 Å². The number of benzene rings is 1. The third-order valence-corrected chi connectivity index (χ3v) is 4.77. The van der Waals surface area contributed by atoms with Gasteiger partial charge in [-0.05, 0) is 49.9 Å². The van der Waals surface area contributed by atoms with Crippen LogP contribution in [0.3, 0.4) is 0 Å². The standard InChI is InChI=1S/C17H15ClN2O2.C4H8.C2H6/c1-4-14-15(9(2)10(3)20-17(14)22)16(21)12-5-11(8-19)6-13(18)7-12;1-4-2-3-4;1-2/h5-7H,4H2,1-3H3,(H,20,22);4H,2-3H2,1H3;1-2H3. The summed E-state index contributed by atoms with van der Waals surface area (Å²) in [5.74, 6) is 0.794. The Morgan fingerprint density at radius 3 is 2.29 bits per heavy atom. The van der Waals surface area contributed by atoms with Crippen molar-refractivity contribution in [2.24, 2.45) is 5.92 Å². The lowest BCUT2D eigenvalue weighted by molar-refractivity contribution is 0.103. The van der Waals surface area contributed by atoms with Crippen molar-refractivity contribution >= 4 is 17.4 Å². The highest BCUT2D eigenvalue weighted by atomic mass is 35.5. The Bertz CT molecular complexity index is 935. The van der Waals surface area contributed by atoms with Crippen molar-refractivity contribution in [2.75, 3.05) is 0 Å². The number of nitrogens with one attached hydrogen (secondary N) is 1. The van der Waals surface area contributed by atoms with Crippen molar-refractivity contribution in [3.05, 3.63) is 67.1 Å². The van der Waals surface area contributed by atoms with Crippen LogP contribution >= 0.6 is 11.6 Å². The van der Waals surface area contributed by atoms with Crippen LogP contribution in [-0.4, -0.2) is 10.8 Å². The number of halogens is 1. The quantitative estimate of drug-likeness (QED) is 0.666. The first-order chi connectivity index (χ1) is 13.3. The first-order valence-corrected chi connectivity index (χ1v) is 10.1. The normalized spacial score (nSPS) is 12.1. The third-order valence-electron chi connectivity index (χ3n) is 4.55. The zero-order valence-electron chi connectivity index (χ0n) is 17.6. The van der Waals surface area contributed by atoms with Gasteiger partial charge in [0.2, 0.25) is 0 Å². The van der Waals surface area contributed by atoms with E-state index in [1.165, 1.54) is 31.0 Å². The van der Waals surface area contributed by atoms with E-state index in [9.17, 15) is 9.59 Å². The van der Waals surface area contributed by atoms with Gasteiger partial charge in [0.1, 0.15) is 0 Å². The molecule has 1 aliphatic rings. The lowest BCUT2D eigenvalue weighted by Gasteiger charge is -2.12. The SMILES string of the molecule is CC.CC1CC1.CCc1c(C(=O)c2cc(Cl)cc(C#N)c2)c(C)c(C)[nH]c1=O. The van der Waals surface area contributed by atoms with E-state index in [0.717, 1.165) is 11.5 Å². The first-order valence-electron chi connectivity index (χ1n) is 9.76. The summed E-state index contributed by atoms with van der Waals surface area (Å²) in [5.41, 5.74) is 2.62. The molecule has 5 heteroatoms. The number of pyridine rings is 1. The highest BCUT2D eigenvalue weighted by Crippen LogP contribution is 2.26. The summed E-state index contributed by atoms with van der Waals surface area (Å²) < 4.78 is 0. The Labute approximate surface area is 172 Å². The highest BCUT2D eigenvalue weighted by molar-refractivity contribution is 6.31. The first kappa shape index (κ1) is 23.7. The number of carbonyl (C=O) groups excluding carboxylic acids is 1. The van der Waals surface area contributed by atoms with E-state index in [2.05, 4.69) is 11.9 Å². The van der Waals surface area contributed by atoms with E-state index in [4.69, 9.17) is 16.9 Å². The Morgan fingerprint density at radius 2 is 1.82 bits per heavy atom. The molecule has 0 bridgehead atoms. The van der Waals surface area contributed by atoms with Crippen LogP contribution in [0.4, 0.5) is 0 Å². The predicted molar refractivity (Wildman–Crippen MR) is 115 cm³/mol. The zero-order valence-corrected chi connectivity index (χ0v) is 18.3. The largest absolute Gasteiger partial charge is 0.326 e. The van der Waals surface area contributed by atoms with E-state index in [-0.39, 0.29) is 11.3 Å². The van der Waals surface area contributed by atoms with Gasteiger partial charge in [-0.2, -0.15) is 5.26 Å². The van der Waals surface area contributed by atoms with Gasteiger partial charge in [-0.3, -0.25) is 9.59 Å². The lowest BCUT2D eigenvalue weighted by atomic mass is 9.92. The molecule has 28 heavy (non-hydrogen) atoms. The van der Waals surface area contributed by atoms with Gasteiger partial charge in [0.25, 0.3) is 5.56 Å². The predicted octanol–water partition coefficient (Wildman–Crippen LogP) is 5.75. The Kier molecular flexibility index (Phi) is 9.15. The van der Waals surface area contributed by atoms with Crippen molar-refractivity contribution in [3.8, 4) is 6.07 Å². The maximum atomic E-state index is 12.9. The molecule has 150 valence electrons. The molecule has 0 atom stereocenters. The molecule has 1 fully saturated rings. The number of carbonyl (C=O) groups is 1. The summed E-state index contributed by atoms with van der Waals surface area (Å²) >= 11 is 5.97. The molecule has 1 aliphatic carbocycles. The van der Waals surface area contributed by atoms with E-state index in [0.29, 0.717) is 39.4 Å². The number of nitriles is 1. The fourth-order valence-electron chi connectivity index (χ4n) is 2.61. The van der Waals surface area contributed by atoms with Gasteiger partial charge in [-0.1, -0.05) is 52.1 Å². The molecular formula is C23H29ClN2O2.